The molecular formula is C31H38ClN3O5S. The van der Waals surface area contributed by atoms with Crippen molar-refractivity contribution in [1.29, 1.82) is 0 Å². The molecule has 1 N–H and O–H groups in total. The smallest absolute Gasteiger partial charge is 0.264 e. The highest BCUT2D eigenvalue weighted by atomic mass is 35.5. The molecule has 8 nitrogen and oxygen atoms in total. The third-order valence-corrected chi connectivity index (χ3v) is 9.18. The fraction of sp³-hybridized carbons (Fsp3) is 0.355. The van der Waals surface area contributed by atoms with Crippen molar-refractivity contribution >= 4 is 39.1 Å². The molecule has 41 heavy (non-hydrogen) atoms. The van der Waals surface area contributed by atoms with Crippen molar-refractivity contribution in [2.75, 3.05) is 18.0 Å². The summed E-state index contributed by atoms with van der Waals surface area (Å²) < 4.78 is 34.4. The maximum atomic E-state index is 14.2. The number of hydrogen-bond acceptors (Lipinski definition) is 5. The number of sulfonamides is 1. The monoisotopic (exact) mass is 599 g/mol. The van der Waals surface area contributed by atoms with Gasteiger partial charge < -0.3 is 15.0 Å². The lowest BCUT2D eigenvalue weighted by atomic mass is 10.1. The number of carbonyl (C=O) groups is 2. The van der Waals surface area contributed by atoms with Gasteiger partial charge in [0.25, 0.3) is 10.0 Å². The minimum Gasteiger partial charge on any atom is -0.497 e. The van der Waals surface area contributed by atoms with Crippen LogP contribution in [0.4, 0.5) is 5.69 Å². The van der Waals surface area contributed by atoms with E-state index in [1.807, 2.05) is 26.8 Å². The van der Waals surface area contributed by atoms with Crippen LogP contribution < -0.4 is 14.4 Å². The molecule has 0 aliphatic rings. The van der Waals surface area contributed by atoms with Crippen molar-refractivity contribution in [2.24, 2.45) is 0 Å². The topological polar surface area (TPSA) is 96.0 Å². The lowest BCUT2D eigenvalue weighted by molar-refractivity contribution is -0.140. The minimum absolute atomic E-state index is 0.0353. The number of nitrogens with one attached hydrogen (secondary N) is 1. The van der Waals surface area contributed by atoms with E-state index in [4.69, 9.17) is 16.3 Å². The largest absolute Gasteiger partial charge is 0.497 e. The quantitative estimate of drug-likeness (QED) is 0.277. The van der Waals surface area contributed by atoms with E-state index in [0.29, 0.717) is 22.8 Å². The molecule has 3 aromatic carbocycles. The van der Waals surface area contributed by atoms with E-state index >= 15 is 0 Å². The van der Waals surface area contributed by atoms with Crippen molar-refractivity contribution in [3.05, 3.63) is 88.9 Å². The number of nitrogens with zero attached hydrogens (tertiary/aromatic N) is 2. The predicted molar refractivity (Wildman–Crippen MR) is 163 cm³/mol. The fourth-order valence-corrected chi connectivity index (χ4v) is 6.09. The Bertz CT molecular complexity index is 1450. The summed E-state index contributed by atoms with van der Waals surface area (Å²) in [4.78, 5) is 29.1. The average molecular weight is 600 g/mol. The zero-order chi connectivity index (χ0) is 30.2. The number of methoxy groups -OCH3 is 1. The summed E-state index contributed by atoms with van der Waals surface area (Å²) in [5.41, 5.74) is 1.54. The maximum absolute atomic E-state index is 14.2. The van der Waals surface area contributed by atoms with Gasteiger partial charge in [-0.15, -0.1) is 0 Å². The van der Waals surface area contributed by atoms with Crippen LogP contribution in [0.5, 0.6) is 5.75 Å². The number of ether oxygens (including phenoxy) is 1. The van der Waals surface area contributed by atoms with Crippen molar-refractivity contribution < 1.29 is 22.7 Å². The molecule has 0 bridgehead atoms. The molecule has 0 radical (unpaired) electrons. The van der Waals surface area contributed by atoms with Crippen molar-refractivity contribution in [1.82, 2.24) is 10.2 Å². The van der Waals surface area contributed by atoms with Crippen LogP contribution in [0.2, 0.25) is 5.02 Å². The van der Waals surface area contributed by atoms with Crippen LogP contribution in [0.25, 0.3) is 0 Å². The molecule has 0 aromatic heterocycles. The molecule has 10 heteroatoms. The molecule has 3 aromatic rings. The van der Waals surface area contributed by atoms with E-state index in [1.165, 1.54) is 17.0 Å². The van der Waals surface area contributed by atoms with Gasteiger partial charge in [-0.1, -0.05) is 61.8 Å². The molecule has 0 saturated heterocycles. The molecule has 2 atom stereocenters. The number of rotatable bonds is 13. The van der Waals surface area contributed by atoms with Gasteiger partial charge in [0, 0.05) is 17.6 Å². The molecule has 3 rings (SSSR count). The Morgan fingerprint density at radius 1 is 0.976 bits per heavy atom. The Morgan fingerprint density at radius 3 is 2.29 bits per heavy atom. The zero-order valence-electron chi connectivity index (χ0n) is 24.1. The third-order valence-electron chi connectivity index (χ3n) is 6.99. The van der Waals surface area contributed by atoms with E-state index in [2.05, 4.69) is 5.32 Å². The summed E-state index contributed by atoms with van der Waals surface area (Å²) >= 11 is 6.38. The third kappa shape index (κ3) is 7.80. The highest BCUT2D eigenvalue weighted by Gasteiger charge is 2.34. The summed E-state index contributed by atoms with van der Waals surface area (Å²) in [6, 6.07) is 19.2. The van der Waals surface area contributed by atoms with Crippen LogP contribution >= 0.6 is 11.6 Å². The van der Waals surface area contributed by atoms with Gasteiger partial charge in [-0.25, -0.2) is 8.42 Å². The van der Waals surface area contributed by atoms with E-state index in [-0.39, 0.29) is 29.1 Å². The molecule has 0 fully saturated rings. The van der Waals surface area contributed by atoms with Crippen molar-refractivity contribution in [3.63, 3.8) is 0 Å². The van der Waals surface area contributed by atoms with E-state index in [0.717, 1.165) is 16.3 Å². The number of halogens is 1. The van der Waals surface area contributed by atoms with Crippen LogP contribution in [-0.4, -0.2) is 50.9 Å². The zero-order valence-corrected chi connectivity index (χ0v) is 25.7. The van der Waals surface area contributed by atoms with Gasteiger partial charge in [0.15, 0.2) is 0 Å². The summed E-state index contributed by atoms with van der Waals surface area (Å²) in [6.07, 6.45) is 1.06. The molecule has 0 aliphatic carbocycles. The molecule has 0 heterocycles. The van der Waals surface area contributed by atoms with E-state index in [1.54, 1.807) is 68.6 Å². The van der Waals surface area contributed by atoms with Crippen LogP contribution in [0.15, 0.2) is 77.7 Å². The first-order valence-corrected chi connectivity index (χ1v) is 15.4. The second-order valence-electron chi connectivity index (χ2n) is 9.82. The molecular weight excluding hydrogens is 562 g/mol. The predicted octanol–water partition coefficient (Wildman–Crippen LogP) is 5.57. The first-order chi connectivity index (χ1) is 19.5. The van der Waals surface area contributed by atoms with Crippen LogP contribution in [-0.2, 0) is 26.2 Å². The number of anilines is 1. The van der Waals surface area contributed by atoms with Gasteiger partial charge in [-0.05, 0) is 74.2 Å². The lowest BCUT2D eigenvalue weighted by Gasteiger charge is -2.34. The molecule has 0 unspecified atom stereocenters. The maximum Gasteiger partial charge on any atom is 0.264 e. The molecule has 0 aliphatic heterocycles. The molecule has 220 valence electrons. The molecule has 0 saturated carbocycles. The Labute approximate surface area is 248 Å². The lowest BCUT2D eigenvalue weighted by Crippen LogP contribution is -2.53. The van der Waals surface area contributed by atoms with Gasteiger partial charge in [0.2, 0.25) is 11.8 Å². The summed E-state index contributed by atoms with van der Waals surface area (Å²) in [5.74, 6) is -0.220. The standard InChI is InChI=1S/C31H38ClN3O5S/c1-6-22(3)33-31(37)28(7-2)34(20-24-13-11-14-25(19-24)40-5)30(36)21-35(29-18-12-17-27(32)23(29)4)41(38,39)26-15-9-8-10-16-26/h8-19,22,28H,6-7,20-21H2,1-5H3,(H,33,37)/t22-,28+/m0/s1. The molecule has 0 spiro atoms. The first-order valence-electron chi connectivity index (χ1n) is 13.6. The molecule has 2 amide bonds. The van der Waals surface area contributed by atoms with E-state index in [9.17, 15) is 18.0 Å². The van der Waals surface area contributed by atoms with Gasteiger partial charge in [-0.3, -0.25) is 13.9 Å². The van der Waals surface area contributed by atoms with Crippen molar-refractivity contribution in [3.8, 4) is 5.75 Å². The Kier molecular flexibility index (Phi) is 11.2. The second-order valence-corrected chi connectivity index (χ2v) is 12.1. The highest BCUT2D eigenvalue weighted by molar-refractivity contribution is 7.92. The second kappa shape index (κ2) is 14.4. The number of carbonyl (C=O) groups excluding carboxylic acids is 2. The van der Waals surface area contributed by atoms with E-state index < -0.39 is 28.5 Å². The van der Waals surface area contributed by atoms with Crippen molar-refractivity contribution in [2.45, 2.75) is 64.1 Å². The van der Waals surface area contributed by atoms with Gasteiger partial charge >= 0.3 is 0 Å². The Morgan fingerprint density at radius 2 is 1.66 bits per heavy atom. The number of amides is 2. The number of hydrogen-bond donors (Lipinski definition) is 1. The summed E-state index contributed by atoms with van der Waals surface area (Å²) in [6.45, 7) is 6.94. The Hall–Kier alpha value is -3.56. The normalized spacial score (nSPS) is 12.7. The van der Waals surface area contributed by atoms with Gasteiger partial charge in [-0.2, -0.15) is 0 Å². The van der Waals surface area contributed by atoms with Crippen LogP contribution in [0.3, 0.4) is 0 Å². The minimum atomic E-state index is -4.17. The van der Waals surface area contributed by atoms with Crippen LogP contribution in [0.1, 0.15) is 44.7 Å². The Balaban J connectivity index is 2.10. The van der Waals surface area contributed by atoms with Gasteiger partial charge in [0.05, 0.1) is 17.7 Å². The van der Waals surface area contributed by atoms with Gasteiger partial charge in [0.1, 0.15) is 18.3 Å². The summed E-state index contributed by atoms with van der Waals surface area (Å²) in [5, 5.41) is 3.35. The number of benzene rings is 3. The highest BCUT2D eigenvalue weighted by Crippen LogP contribution is 2.31. The first kappa shape index (κ1) is 32.0. The fourth-order valence-electron chi connectivity index (χ4n) is 4.43. The SMILES string of the molecule is CC[C@H](C(=O)N[C@@H](C)CC)N(Cc1cccc(OC)c1)C(=O)CN(c1cccc(Cl)c1C)S(=O)(=O)c1ccccc1. The van der Waals surface area contributed by atoms with Crippen LogP contribution in [0, 0.1) is 6.92 Å². The average Bonchev–Trinajstić information content (AvgIpc) is 2.97. The summed E-state index contributed by atoms with van der Waals surface area (Å²) in [7, 11) is -2.62.